The van der Waals surface area contributed by atoms with Crippen LogP contribution < -0.4 is 10.6 Å². The lowest BCUT2D eigenvalue weighted by Crippen LogP contribution is -2.48. The number of likely N-dealkylation sites (tertiary alicyclic amines) is 1. The van der Waals surface area contributed by atoms with Crippen LogP contribution >= 0.6 is 0 Å². The fourth-order valence-electron chi connectivity index (χ4n) is 5.31. The summed E-state index contributed by atoms with van der Waals surface area (Å²) in [5.74, 6) is -0.823. The molecule has 4 rings (SSSR count). The number of nitrogens with zero attached hydrogens (tertiary/aromatic N) is 3. The van der Waals surface area contributed by atoms with Crippen LogP contribution in [0.5, 0.6) is 0 Å². The fraction of sp³-hybridized carbons (Fsp3) is 0.455. The monoisotopic (exact) mass is 591 g/mol. The Morgan fingerprint density at radius 1 is 1.00 bits per heavy atom. The molecule has 1 aromatic heterocycles. The van der Waals surface area contributed by atoms with Crippen LogP contribution in [0.3, 0.4) is 0 Å². The van der Waals surface area contributed by atoms with E-state index in [1.807, 2.05) is 65.6 Å². The molecule has 1 aliphatic rings. The lowest BCUT2D eigenvalue weighted by molar-refractivity contribution is -0.135. The summed E-state index contributed by atoms with van der Waals surface area (Å²) >= 11 is 0. The van der Waals surface area contributed by atoms with E-state index >= 15 is 0 Å². The molecular formula is C33H42FN5O4. The van der Waals surface area contributed by atoms with Crippen molar-refractivity contribution in [1.82, 2.24) is 19.8 Å². The standard InChI is InChI=1S/C33H42FN5O4/c1-23(34)30(40)36-27(21-43-20-24-11-7-5-8-12-24)31(41)37-28-19-39(22-35-28)29(25-13-9-6-10-14-25)32(42)38-17-15-26(16-18-38)33(2,3)4/h5-14,19,22-23,26-27,29H,15-18,20-21H2,1-4H3,(H,36,40)(H,37,41)/t23?,27-,29?/m1/s1. The Labute approximate surface area is 252 Å². The molecule has 1 aliphatic heterocycles. The second-order valence-corrected chi connectivity index (χ2v) is 12.2. The van der Waals surface area contributed by atoms with Gasteiger partial charge in [-0.25, -0.2) is 9.37 Å². The number of carbonyl (C=O) groups excluding carboxylic acids is 3. The van der Waals surface area contributed by atoms with Gasteiger partial charge in [0.1, 0.15) is 12.1 Å². The number of benzene rings is 2. The summed E-state index contributed by atoms with van der Waals surface area (Å²) in [7, 11) is 0. The first-order chi connectivity index (χ1) is 20.5. The maximum atomic E-state index is 13.9. The van der Waals surface area contributed by atoms with Gasteiger partial charge in [0.15, 0.2) is 12.0 Å². The van der Waals surface area contributed by atoms with E-state index < -0.39 is 30.1 Å². The Bertz CT molecular complexity index is 1350. The van der Waals surface area contributed by atoms with Gasteiger partial charge in [0.25, 0.3) is 11.8 Å². The summed E-state index contributed by atoms with van der Waals surface area (Å²) in [6.07, 6.45) is 3.19. The molecule has 3 amide bonds. The molecule has 0 aliphatic carbocycles. The number of hydrogen-bond acceptors (Lipinski definition) is 5. The van der Waals surface area contributed by atoms with E-state index in [4.69, 9.17) is 4.74 Å². The normalized spacial score (nSPS) is 16.3. The number of amides is 3. The molecule has 43 heavy (non-hydrogen) atoms. The number of ether oxygens (including phenoxy) is 1. The van der Waals surface area contributed by atoms with Crippen molar-refractivity contribution in [2.45, 2.75) is 65.4 Å². The zero-order valence-corrected chi connectivity index (χ0v) is 25.3. The van der Waals surface area contributed by atoms with Crippen LogP contribution in [-0.4, -0.2) is 64.1 Å². The molecule has 2 N–H and O–H groups in total. The molecule has 10 heteroatoms. The van der Waals surface area contributed by atoms with Crippen LogP contribution in [0.1, 0.15) is 57.7 Å². The minimum absolute atomic E-state index is 0.0368. The number of hydrogen-bond donors (Lipinski definition) is 2. The first kappa shape index (κ1) is 31.9. The van der Waals surface area contributed by atoms with Gasteiger partial charge in [0, 0.05) is 19.3 Å². The number of alkyl halides is 1. The van der Waals surface area contributed by atoms with Crippen molar-refractivity contribution in [2.75, 3.05) is 25.0 Å². The van der Waals surface area contributed by atoms with Crippen molar-refractivity contribution in [3.63, 3.8) is 0 Å². The van der Waals surface area contributed by atoms with Crippen molar-refractivity contribution in [2.24, 2.45) is 11.3 Å². The van der Waals surface area contributed by atoms with E-state index in [1.165, 1.54) is 6.33 Å². The van der Waals surface area contributed by atoms with Crippen LogP contribution in [0.15, 0.2) is 73.2 Å². The Kier molecular flexibility index (Phi) is 10.7. The average molecular weight is 592 g/mol. The minimum atomic E-state index is -1.80. The molecule has 2 heterocycles. The highest BCUT2D eigenvalue weighted by Gasteiger charge is 2.34. The first-order valence-corrected chi connectivity index (χ1v) is 14.8. The van der Waals surface area contributed by atoms with Gasteiger partial charge >= 0.3 is 0 Å². The Morgan fingerprint density at radius 2 is 1.63 bits per heavy atom. The number of aromatic nitrogens is 2. The predicted octanol–water partition coefficient (Wildman–Crippen LogP) is 4.76. The highest BCUT2D eigenvalue weighted by molar-refractivity contribution is 5.97. The molecule has 9 nitrogen and oxygen atoms in total. The Hall–Kier alpha value is -4.05. The van der Waals surface area contributed by atoms with Crippen molar-refractivity contribution in [3.05, 3.63) is 84.3 Å². The molecule has 1 saturated heterocycles. The largest absolute Gasteiger partial charge is 0.374 e. The third-order valence-corrected chi connectivity index (χ3v) is 7.92. The number of carbonyl (C=O) groups is 3. The summed E-state index contributed by atoms with van der Waals surface area (Å²) < 4.78 is 21.0. The van der Waals surface area contributed by atoms with Crippen molar-refractivity contribution >= 4 is 23.5 Å². The molecule has 0 radical (unpaired) electrons. The lowest BCUT2D eigenvalue weighted by Gasteiger charge is -2.40. The van der Waals surface area contributed by atoms with Crippen LogP contribution in [-0.2, 0) is 25.7 Å². The Balaban J connectivity index is 1.47. The Morgan fingerprint density at radius 3 is 2.23 bits per heavy atom. The maximum Gasteiger partial charge on any atom is 0.254 e. The van der Waals surface area contributed by atoms with E-state index in [-0.39, 0.29) is 30.4 Å². The van der Waals surface area contributed by atoms with Gasteiger partial charge in [0.2, 0.25) is 5.91 Å². The number of piperidine rings is 1. The highest BCUT2D eigenvalue weighted by Crippen LogP contribution is 2.35. The topological polar surface area (TPSA) is 106 Å². The molecule has 0 bridgehead atoms. The number of rotatable bonds is 11. The molecule has 3 atom stereocenters. The quantitative estimate of drug-likeness (QED) is 0.335. The van der Waals surface area contributed by atoms with E-state index in [2.05, 4.69) is 36.4 Å². The van der Waals surface area contributed by atoms with Gasteiger partial charge in [-0.2, -0.15) is 0 Å². The van der Waals surface area contributed by atoms with Gasteiger partial charge in [-0.05, 0) is 42.2 Å². The van der Waals surface area contributed by atoms with E-state index in [0.29, 0.717) is 19.0 Å². The summed E-state index contributed by atoms with van der Waals surface area (Å²) in [5, 5.41) is 5.10. The van der Waals surface area contributed by atoms with Gasteiger partial charge in [-0.1, -0.05) is 81.4 Å². The highest BCUT2D eigenvalue weighted by atomic mass is 19.1. The predicted molar refractivity (Wildman–Crippen MR) is 163 cm³/mol. The van der Waals surface area contributed by atoms with Crippen LogP contribution in [0.25, 0.3) is 0 Å². The smallest absolute Gasteiger partial charge is 0.254 e. The summed E-state index contributed by atoms with van der Waals surface area (Å²) in [5.41, 5.74) is 1.89. The fourth-order valence-corrected chi connectivity index (χ4v) is 5.31. The number of anilines is 1. The second kappa shape index (κ2) is 14.4. The lowest BCUT2D eigenvalue weighted by atomic mass is 9.75. The number of halogens is 1. The minimum Gasteiger partial charge on any atom is -0.374 e. The van der Waals surface area contributed by atoms with Crippen molar-refractivity contribution in [1.29, 1.82) is 0 Å². The zero-order valence-electron chi connectivity index (χ0n) is 25.3. The molecule has 1 fully saturated rings. The van der Waals surface area contributed by atoms with Crippen molar-refractivity contribution < 1.29 is 23.5 Å². The van der Waals surface area contributed by atoms with Crippen LogP contribution in [0.2, 0.25) is 0 Å². The third-order valence-electron chi connectivity index (χ3n) is 7.92. The molecule has 2 unspecified atom stereocenters. The van der Waals surface area contributed by atoms with Gasteiger partial charge < -0.3 is 24.8 Å². The van der Waals surface area contributed by atoms with Crippen molar-refractivity contribution in [3.8, 4) is 0 Å². The van der Waals surface area contributed by atoms with Crippen LogP contribution in [0, 0.1) is 11.3 Å². The number of nitrogens with one attached hydrogen (secondary N) is 2. The summed E-state index contributed by atoms with van der Waals surface area (Å²) in [6, 6.07) is 17.0. The molecule has 0 spiro atoms. The third kappa shape index (κ3) is 8.73. The maximum absolute atomic E-state index is 13.9. The molecule has 0 saturated carbocycles. The van der Waals surface area contributed by atoms with Gasteiger partial charge in [0.05, 0.1) is 19.5 Å². The second-order valence-electron chi connectivity index (χ2n) is 12.2. The van der Waals surface area contributed by atoms with Gasteiger partial charge in [-0.3, -0.25) is 14.4 Å². The first-order valence-electron chi connectivity index (χ1n) is 14.8. The van der Waals surface area contributed by atoms with Crippen LogP contribution in [0.4, 0.5) is 10.2 Å². The van der Waals surface area contributed by atoms with E-state index in [9.17, 15) is 18.8 Å². The molecule has 3 aromatic rings. The molecular weight excluding hydrogens is 549 g/mol. The zero-order chi connectivity index (χ0) is 31.0. The van der Waals surface area contributed by atoms with E-state index in [1.54, 1.807) is 10.8 Å². The molecule has 2 aromatic carbocycles. The summed E-state index contributed by atoms with van der Waals surface area (Å²) in [4.78, 5) is 45.5. The molecule has 230 valence electrons. The number of imidazole rings is 1. The van der Waals surface area contributed by atoms with Gasteiger partial charge in [-0.15, -0.1) is 0 Å². The summed E-state index contributed by atoms with van der Waals surface area (Å²) in [6.45, 7) is 9.23. The van der Waals surface area contributed by atoms with E-state index in [0.717, 1.165) is 30.9 Å². The SMILES string of the molecule is CC(F)C(=O)N[C@H](COCc1ccccc1)C(=O)Nc1cn(C(C(=O)N2CCC(C(C)(C)C)CC2)c2ccccc2)cn1. The average Bonchev–Trinajstić information content (AvgIpc) is 3.44.